The van der Waals surface area contributed by atoms with Crippen molar-refractivity contribution in [3.05, 3.63) is 30.1 Å². The van der Waals surface area contributed by atoms with Crippen LogP contribution in [0.4, 0.5) is 10.1 Å². The molecular weight excluding hydrogens is 263 g/mol. The smallest absolute Gasteiger partial charge is 0.225 e. The maximum Gasteiger partial charge on any atom is 0.225 e. The number of nitrogens with zero attached hydrogens (tertiary/aromatic N) is 1. The summed E-state index contributed by atoms with van der Waals surface area (Å²) in [6, 6.07) is 5.62. The highest BCUT2D eigenvalue weighted by Crippen LogP contribution is 2.08. The summed E-state index contributed by atoms with van der Waals surface area (Å²) in [5.41, 5.74) is 0.568. The van der Waals surface area contributed by atoms with Crippen LogP contribution < -0.4 is 5.32 Å². The lowest BCUT2D eigenvalue weighted by Gasteiger charge is -2.19. The summed E-state index contributed by atoms with van der Waals surface area (Å²) in [5.74, 6) is -0.487. The van der Waals surface area contributed by atoms with Crippen LogP contribution in [0.2, 0.25) is 0 Å². The van der Waals surface area contributed by atoms with Crippen molar-refractivity contribution in [3.8, 4) is 0 Å². The fraction of sp³-hybridized carbons (Fsp3) is 0.500. The van der Waals surface area contributed by atoms with Gasteiger partial charge in [0.15, 0.2) is 0 Å². The minimum atomic E-state index is -0.565. The molecule has 0 aromatic heterocycles. The summed E-state index contributed by atoms with van der Waals surface area (Å²) in [5, 5.41) is 12.2. The Morgan fingerprint density at radius 1 is 1.45 bits per heavy atom. The molecule has 6 heteroatoms. The largest absolute Gasteiger partial charge is 0.389 e. The molecule has 0 aliphatic carbocycles. The molecule has 0 radical (unpaired) electrons. The second kappa shape index (κ2) is 8.63. The van der Waals surface area contributed by atoms with E-state index < -0.39 is 6.10 Å². The molecule has 20 heavy (non-hydrogen) atoms. The number of hydrogen-bond donors (Lipinski definition) is 2. The summed E-state index contributed by atoms with van der Waals surface area (Å²) < 4.78 is 17.5. The van der Waals surface area contributed by atoms with E-state index in [2.05, 4.69) is 5.32 Å². The number of likely N-dealkylation sites (N-methyl/N-ethyl adjacent to an activating group) is 1. The van der Waals surface area contributed by atoms with Crippen molar-refractivity contribution < 1.29 is 19.0 Å². The van der Waals surface area contributed by atoms with E-state index in [1.165, 1.54) is 31.4 Å². The number of rotatable bonds is 8. The summed E-state index contributed by atoms with van der Waals surface area (Å²) >= 11 is 0. The average molecular weight is 284 g/mol. The van der Waals surface area contributed by atoms with Gasteiger partial charge < -0.3 is 20.1 Å². The first-order chi connectivity index (χ1) is 9.51. The van der Waals surface area contributed by atoms with Gasteiger partial charge in [0.2, 0.25) is 5.91 Å². The minimum absolute atomic E-state index is 0.148. The maximum absolute atomic E-state index is 12.7. The van der Waals surface area contributed by atoms with Crippen LogP contribution in [0.1, 0.15) is 6.42 Å². The van der Waals surface area contributed by atoms with Gasteiger partial charge in [-0.2, -0.15) is 0 Å². The van der Waals surface area contributed by atoms with E-state index in [-0.39, 0.29) is 18.3 Å². The SMILES string of the molecule is COCC(O)CN(C)CCC(=O)Nc1ccc(F)cc1. The molecule has 0 bridgehead atoms. The van der Waals surface area contributed by atoms with Gasteiger partial charge in [0.1, 0.15) is 5.82 Å². The topological polar surface area (TPSA) is 61.8 Å². The molecule has 0 aliphatic rings. The highest BCUT2D eigenvalue weighted by Gasteiger charge is 2.09. The lowest BCUT2D eigenvalue weighted by Crippen LogP contribution is -2.33. The van der Waals surface area contributed by atoms with Crippen LogP contribution >= 0.6 is 0 Å². The maximum atomic E-state index is 12.7. The summed E-state index contributed by atoms with van der Waals surface area (Å²) in [6.45, 7) is 1.23. The molecule has 2 N–H and O–H groups in total. The number of methoxy groups -OCH3 is 1. The molecule has 112 valence electrons. The first-order valence-corrected chi connectivity index (χ1v) is 6.42. The van der Waals surface area contributed by atoms with Crippen molar-refractivity contribution in [2.24, 2.45) is 0 Å². The summed E-state index contributed by atoms with van der Waals surface area (Å²) in [6.07, 6.45) is -0.265. The molecule has 0 spiro atoms. The quantitative estimate of drug-likeness (QED) is 0.750. The zero-order valence-corrected chi connectivity index (χ0v) is 11.8. The molecule has 0 aliphatic heterocycles. The molecule has 1 aromatic carbocycles. The molecule has 1 atom stereocenters. The van der Waals surface area contributed by atoms with Gasteiger partial charge in [-0.15, -0.1) is 0 Å². The van der Waals surface area contributed by atoms with Gasteiger partial charge in [-0.25, -0.2) is 4.39 Å². The Labute approximate surface area is 118 Å². The standard InChI is InChI=1S/C14H21FN2O3/c1-17(9-13(18)10-20-2)8-7-14(19)16-12-5-3-11(15)4-6-12/h3-6,13,18H,7-10H2,1-2H3,(H,16,19). The lowest BCUT2D eigenvalue weighted by atomic mass is 10.3. The minimum Gasteiger partial charge on any atom is -0.389 e. The Bertz CT molecular complexity index is 411. The predicted molar refractivity (Wildman–Crippen MR) is 75.0 cm³/mol. The average Bonchev–Trinajstić information content (AvgIpc) is 2.39. The van der Waals surface area contributed by atoms with E-state index in [0.717, 1.165) is 0 Å². The van der Waals surface area contributed by atoms with Crippen molar-refractivity contribution in [2.45, 2.75) is 12.5 Å². The third-order valence-corrected chi connectivity index (χ3v) is 2.73. The highest BCUT2D eigenvalue weighted by molar-refractivity contribution is 5.90. The van der Waals surface area contributed by atoms with Gasteiger partial charge in [0.05, 0.1) is 12.7 Å². The van der Waals surface area contributed by atoms with Crippen LogP contribution in [0.25, 0.3) is 0 Å². The second-order valence-electron chi connectivity index (χ2n) is 4.68. The van der Waals surface area contributed by atoms with E-state index in [1.54, 1.807) is 0 Å². The van der Waals surface area contributed by atoms with E-state index in [0.29, 0.717) is 25.2 Å². The molecule has 0 heterocycles. The van der Waals surface area contributed by atoms with Crippen LogP contribution in [0.3, 0.4) is 0 Å². The molecule has 5 nitrogen and oxygen atoms in total. The molecule has 0 saturated carbocycles. The number of amides is 1. The van der Waals surface area contributed by atoms with Crippen LogP contribution in [-0.4, -0.2) is 55.9 Å². The molecule has 1 rings (SSSR count). The van der Waals surface area contributed by atoms with Crippen molar-refractivity contribution in [2.75, 3.05) is 39.2 Å². The fourth-order valence-electron chi connectivity index (χ4n) is 1.75. The number of aliphatic hydroxyl groups excluding tert-OH is 1. The first-order valence-electron chi connectivity index (χ1n) is 6.42. The van der Waals surface area contributed by atoms with Crippen molar-refractivity contribution in [1.29, 1.82) is 0 Å². The number of carbonyl (C=O) groups is 1. The van der Waals surface area contributed by atoms with Crippen LogP contribution in [0.15, 0.2) is 24.3 Å². The lowest BCUT2D eigenvalue weighted by molar-refractivity contribution is -0.116. The molecule has 0 saturated heterocycles. The normalized spacial score (nSPS) is 12.4. The third-order valence-electron chi connectivity index (χ3n) is 2.73. The van der Waals surface area contributed by atoms with Crippen LogP contribution in [0.5, 0.6) is 0 Å². The Hall–Kier alpha value is -1.50. The fourth-order valence-corrected chi connectivity index (χ4v) is 1.75. The molecule has 1 aromatic rings. The Morgan fingerprint density at radius 3 is 2.70 bits per heavy atom. The molecule has 0 fully saturated rings. The van der Waals surface area contributed by atoms with Crippen LogP contribution in [-0.2, 0) is 9.53 Å². The summed E-state index contributed by atoms with van der Waals surface area (Å²) in [7, 11) is 3.35. The Balaban J connectivity index is 2.27. The van der Waals surface area contributed by atoms with Gasteiger partial charge in [0, 0.05) is 32.3 Å². The molecule has 1 unspecified atom stereocenters. The highest BCUT2D eigenvalue weighted by atomic mass is 19.1. The van der Waals surface area contributed by atoms with E-state index in [4.69, 9.17) is 4.74 Å². The number of hydrogen-bond acceptors (Lipinski definition) is 4. The van der Waals surface area contributed by atoms with E-state index >= 15 is 0 Å². The number of carbonyl (C=O) groups excluding carboxylic acids is 1. The number of aliphatic hydroxyl groups is 1. The predicted octanol–water partition coefficient (Wildman–Crippen LogP) is 1.09. The number of halogens is 1. The monoisotopic (exact) mass is 284 g/mol. The van der Waals surface area contributed by atoms with E-state index in [1.807, 2.05) is 11.9 Å². The van der Waals surface area contributed by atoms with Gasteiger partial charge in [-0.3, -0.25) is 4.79 Å². The van der Waals surface area contributed by atoms with E-state index in [9.17, 15) is 14.3 Å². The first kappa shape index (κ1) is 16.6. The second-order valence-corrected chi connectivity index (χ2v) is 4.68. The van der Waals surface area contributed by atoms with Crippen molar-refractivity contribution in [1.82, 2.24) is 4.90 Å². The number of benzene rings is 1. The van der Waals surface area contributed by atoms with Gasteiger partial charge in [0.25, 0.3) is 0 Å². The summed E-state index contributed by atoms with van der Waals surface area (Å²) in [4.78, 5) is 13.5. The zero-order valence-electron chi connectivity index (χ0n) is 11.8. The molecule has 1 amide bonds. The number of anilines is 1. The van der Waals surface area contributed by atoms with Gasteiger partial charge >= 0.3 is 0 Å². The zero-order chi connectivity index (χ0) is 15.0. The Morgan fingerprint density at radius 2 is 2.10 bits per heavy atom. The number of nitrogens with one attached hydrogen (secondary N) is 1. The third kappa shape index (κ3) is 6.60. The Kier molecular flexibility index (Phi) is 7.14. The number of ether oxygens (including phenoxy) is 1. The van der Waals surface area contributed by atoms with Gasteiger partial charge in [-0.1, -0.05) is 0 Å². The van der Waals surface area contributed by atoms with Crippen molar-refractivity contribution >= 4 is 11.6 Å². The van der Waals surface area contributed by atoms with Crippen LogP contribution in [0, 0.1) is 5.82 Å². The van der Waals surface area contributed by atoms with Gasteiger partial charge in [-0.05, 0) is 31.3 Å². The molecular formula is C14H21FN2O3. The van der Waals surface area contributed by atoms with Crippen molar-refractivity contribution in [3.63, 3.8) is 0 Å².